The zero-order chi connectivity index (χ0) is 9.26. The molecule has 1 saturated carbocycles. The zero-order valence-corrected chi connectivity index (χ0v) is 8.74. The topological polar surface area (TPSA) is 32.3 Å². The van der Waals surface area contributed by atoms with E-state index < -0.39 is 0 Å². The van der Waals surface area contributed by atoms with Gasteiger partial charge in [-0.3, -0.25) is 0 Å². The highest BCUT2D eigenvalue weighted by Crippen LogP contribution is 2.22. The van der Waals surface area contributed by atoms with Crippen molar-refractivity contribution in [3.05, 3.63) is 21.3 Å². The molecule has 1 aromatic rings. The van der Waals surface area contributed by atoms with Gasteiger partial charge >= 0.3 is 0 Å². The minimum atomic E-state index is -0.0800. The van der Waals surface area contributed by atoms with Crippen molar-refractivity contribution >= 4 is 22.9 Å². The van der Waals surface area contributed by atoms with Gasteiger partial charge < -0.3 is 10.4 Å². The van der Waals surface area contributed by atoms with E-state index in [0.29, 0.717) is 6.04 Å². The Bertz CT molecular complexity index is 283. The average Bonchev–Trinajstić information content (AvgIpc) is 2.43. The van der Waals surface area contributed by atoms with Gasteiger partial charge in [-0.1, -0.05) is 11.6 Å². The fourth-order valence-electron chi connectivity index (χ4n) is 1.46. The molecule has 0 amide bonds. The summed E-state index contributed by atoms with van der Waals surface area (Å²) in [6, 6.07) is 2.47. The zero-order valence-electron chi connectivity index (χ0n) is 7.16. The second-order valence-corrected chi connectivity index (χ2v) is 5.00. The third-order valence-electron chi connectivity index (χ3n) is 2.33. The first-order chi connectivity index (χ1) is 6.24. The summed E-state index contributed by atoms with van der Waals surface area (Å²) in [7, 11) is 0. The predicted molar refractivity (Wildman–Crippen MR) is 55.2 cm³/mol. The van der Waals surface area contributed by atoms with E-state index in [4.69, 9.17) is 16.7 Å². The van der Waals surface area contributed by atoms with Gasteiger partial charge in [0.15, 0.2) is 0 Å². The van der Waals surface area contributed by atoms with Gasteiger partial charge in [-0.15, -0.1) is 11.3 Å². The minimum absolute atomic E-state index is 0.0800. The Morgan fingerprint density at radius 2 is 2.38 bits per heavy atom. The standard InChI is InChI=1S/C9H12ClNOS/c10-9-1-6(5-13-9)4-11-7-2-8(12)3-7/h1,5,7-8,11-12H,2-4H2. The second kappa shape index (κ2) is 3.96. The maximum absolute atomic E-state index is 9.06. The summed E-state index contributed by atoms with van der Waals surface area (Å²) in [5, 5.41) is 14.5. The molecule has 72 valence electrons. The summed E-state index contributed by atoms with van der Waals surface area (Å²) in [6.07, 6.45) is 1.69. The normalized spacial score (nSPS) is 27.2. The molecule has 1 fully saturated rings. The minimum Gasteiger partial charge on any atom is -0.393 e. The van der Waals surface area contributed by atoms with Crippen LogP contribution in [0.4, 0.5) is 0 Å². The van der Waals surface area contributed by atoms with Crippen molar-refractivity contribution < 1.29 is 5.11 Å². The van der Waals surface area contributed by atoms with E-state index in [-0.39, 0.29) is 6.10 Å². The third kappa shape index (κ3) is 2.44. The van der Waals surface area contributed by atoms with Crippen LogP contribution in [0, 0.1) is 0 Å². The summed E-state index contributed by atoms with van der Waals surface area (Å²) >= 11 is 7.36. The van der Waals surface area contributed by atoms with Crippen LogP contribution in [-0.2, 0) is 6.54 Å². The summed E-state index contributed by atoms with van der Waals surface area (Å²) in [4.78, 5) is 0. The van der Waals surface area contributed by atoms with Crippen molar-refractivity contribution in [2.45, 2.75) is 31.5 Å². The van der Waals surface area contributed by atoms with E-state index in [2.05, 4.69) is 10.7 Å². The van der Waals surface area contributed by atoms with Gasteiger partial charge in [0.25, 0.3) is 0 Å². The summed E-state index contributed by atoms with van der Waals surface area (Å²) < 4.78 is 0.838. The van der Waals surface area contributed by atoms with Crippen LogP contribution in [0.25, 0.3) is 0 Å². The number of hydrogen-bond acceptors (Lipinski definition) is 3. The van der Waals surface area contributed by atoms with Crippen LogP contribution < -0.4 is 5.32 Å². The largest absolute Gasteiger partial charge is 0.393 e. The fourth-order valence-corrected chi connectivity index (χ4v) is 2.36. The van der Waals surface area contributed by atoms with Crippen molar-refractivity contribution in [3.63, 3.8) is 0 Å². The molecule has 0 saturated heterocycles. The SMILES string of the molecule is OC1CC(NCc2csc(Cl)c2)C1. The van der Waals surface area contributed by atoms with Crippen LogP contribution in [0.15, 0.2) is 11.4 Å². The van der Waals surface area contributed by atoms with Gasteiger partial charge in [0.2, 0.25) is 0 Å². The summed E-state index contributed by atoms with van der Waals surface area (Å²) in [6.45, 7) is 0.862. The summed E-state index contributed by atoms with van der Waals surface area (Å²) in [5.74, 6) is 0. The lowest BCUT2D eigenvalue weighted by Crippen LogP contribution is -2.43. The Morgan fingerprint density at radius 1 is 1.62 bits per heavy atom. The number of aliphatic hydroxyl groups is 1. The molecule has 4 heteroatoms. The highest BCUT2D eigenvalue weighted by atomic mass is 35.5. The first-order valence-corrected chi connectivity index (χ1v) is 5.64. The van der Waals surface area contributed by atoms with Crippen molar-refractivity contribution in [2.24, 2.45) is 0 Å². The van der Waals surface area contributed by atoms with Crippen molar-refractivity contribution in [1.29, 1.82) is 0 Å². The van der Waals surface area contributed by atoms with Crippen molar-refractivity contribution in [1.82, 2.24) is 5.32 Å². The van der Waals surface area contributed by atoms with Crippen LogP contribution in [0.2, 0.25) is 4.34 Å². The number of aliphatic hydroxyl groups excluding tert-OH is 1. The molecule has 1 aromatic heterocycles. The maximum Gasteiger partial charge on any atom is 0.0931 e. The molecule has 1 aliphatic rings. The number of nitrogens with one attached hydrogen (secondary N) is 1. The lowest BCUT2D eigenvalue weighted by Gasteiger charge is -2.32. The van der Waals surface area contributed by atoms with Crippen LogP contribution in [0.3, 0.4) is 0 Å². The van der Waals surface area contributed by atoms with E-state index in [0.717, 1.165) is 23.7 Å². The van der Waals surface area contributed by atoms with Crippen molar-refractivity contribution in [3.8, 4) is 0 Å². The molecular weight excluding hydrogens is 206 g/mol. The highest BCUT2D eigenvalue weighted by molar-refractivity contribution is 7.14. The van der Waals surface area contributed by atoms with Gasteiger partial charge in [-0.25, -0.2) is 0 Å². The molecule has 0 atom stereocenters. The molecule has 2 rings (SSSR count). The van der Waals surface area contributed by atoms with E-state index in [1.165, 1.54) is 5.56 Å². The van der Waals surface area contributed by atoms with Crippen molar-refractivity contribution in [2.75, 3.05) is 0 Å². The van der Waals surface area contributed by atoms with Crippen LogP contribution >= 0.6 is 22.9 Å². The van der Waals surface area contributed by atoms with Gasteiger partial charge in [0, 0.05) is 12.6 Å². The van der Waals surface area contributed by atoms with Gasteiger partial charge in [0.1, 0.15) is 0 Å². The molecule has 0 bridgehead atoms. The quantitative estimate of drug-likeness (QED) is 0.812. The molecule has 13 heavy (non-hydrogen) atoms. The van der Waals surface area contributed by atoms with Gasteiger partial charge in [0.05, 0.1) is 10.4 Å². The fraction of sp³-hybridized carbons (Fsp3) is 0.556. The van der Waals surface area contributed by atoms with Gasteiger partial charge in [-0.2, -0.15) is 0 Å². The van der Waals surface area contributed by atoms with Crippen LogP contribution in [0.1, 0.15) is 18.4 Å². The second-order valence-electron chi connectivity index (χ2n) is 3.46. The molecule has 0 aromatic carbocycles. The molecule has 0 unspecified atom stereocenters. The molecule has 0 radical (unpaired) electrons. The molecule has 0 spiro atoms. The lowest BCUT2D eigenvalue weighted by atomic mass is 9.89. The van der Waals surface area contributed by atoms with E-state index >= 15 is 0 Å². The molecule has 2 N–H and O–H groups in total. The Kier molecular flexibility index (Phi) is 2.89. The van der Waals surface area contributed by atoms with E-state index in [1.54, 1.807) is 11.3 Å². The monoisotopic (exact) mass is 217 g/mol. The third-order valence-corrected chi connectivity index (χ3v) is 3.47. The predicted octanol–water partition coefficient (Wildman–Crippen LogP) is 2.01. The molecule has 1 heterocycles. The first-order valence-electron chi connectivity index (χ1n) is 4.38. The number of hydrogen-bond donors (Lipinski definition) is 2. The average molecular weight is 218 g/mol. The summed E-state index contributed by atoms with van der Waals surface area (Å²) in [5.41, 5.74) is 1.23. The Balaban J connectivity index is 1.74. The smallest absolute Gasteiger partial charge is 0.0931 e. The maximum atomic E-state index is 9.06. The highest BCUT2D eigenvalue weighted by Gasteiger charge is 2.26. The molecule has 2 nitrogen and oxygen atoms in total. The Labute approximate surface area is 86.5 Å². The van der Waals surface area contributed by atoms with Gasteiger partial charge in [-0.05, 0) is 29.9 Å². The number of thiophene rings is 1. The first kappa shape index (κ1) is 9.46. The number of halogens is 1. The lowest BCUT2D eigenvalue weighted by molar-refractivity contribution is 0.0619. The number of rotatable bonds is 3. The van der Waals surface area contributed by atoms with E-state index in [1.807, 2.05) is 6.07 Å². The van der Waals surface area contributed by atoms with E-state index in [9.17, 15) is 0 Å². The molecular formula is C9H12ClNOS. The Morgan fingerprint density at radius 3 is 2.92 bits per heavy atom. The van der Waals surface area contributed by atoms with Crippen LogP contribution in [0.5, 0.6) is 0 Å². The molecule has 1 aliphatic carbocycles. The van der Waals surface area contributed by atoms with Crippen LogP contribution in [-0.4, -0.2) is 17.3 Å². The molecule has 0 aliphatic heterocycles. The Hall–Kier alpha value is -0.0900.